The minimum Gasteiger partial charge on any atom is -0.271 e. The summed E-state index contributed by atoms with van der Waals surface area (Å²) < 4.78 is 0. The zero-order valence-electron chi connectivity index (χ0n) is 10.7. The molecule has 1 N–H and O–H groups in total. The Balaban J connectivity index is 2.27. The number of hydrogen-bond acceptors (Lipinski definition) is 6. The van der Waals surface area contributed by atoms with Crippen molar-refractivity contribution in [2.24, 2.45) is 5.10 Å². The van der Waals surface area contributed by atoms with Crippen molar-refractivity contribution in [2.75, 3.05) is 5.43 Å². The van der Waals surface area contributed by atoms with Gasteiger partial charge in [0.1, 0.15) is 5.69 Å². The standard InChI is InChI=1S/C12H12N4O4/c1-8-2-3-9(6-8)13-14-11-5-4-10(15(17)18)7-12(11)16(19)20/h4-7,14H,2-3H2,1H3/b13-9-. The predicted molar refractivity (Wildman–Crippen MR) is 73.8 cm³/mol. The van der Waals surface area contributed by atoms with Crippen LogP contribution in [0, 0.1) is 20.2 Å². The van der Waals surface area contributed by atoms with Crippen molar-refractivity contribution >= 4 is 22.8 Å². The highest BCUT2D eigenvalue weighted by Gasteiger charge is 2.19. The van der Waals surface area contributed by atoms with Gasteiger partial charge in [-0.05, 0) is 31.9 Å². The van der Waals surface area contributed by atoms with Gasteiger partial charge in [0, 0.05) is 6.07 Å². The summed E-state index contributed by atoms with van der Waals surface area (Å²) in [6.07, 6.45) is 3.60. The minimum atomic E-state index is -0.675. The summed E-state index contributed by atoms with van der Waals surface area (Å²) in [5.41, 5.74) is 4.03. The molecule has 2 rings (SSSR count). The maximum atomic E-state index is 10.9. The molecular formula is C12H12N4O4. The maximum absolute atomic E-state index is 10.9. The summed E-state index contributed by atoms with van der Waals surface area (Å²) in [7, 11) is 0. The number of benzene rings is 1. The first kappa shape index (κ1) is 13.7. The lowest BCUT2D eigenvalue weighted by molar-refractivity contribution is -0.393. The topological polar surface area (TPSA) is 111 Å². The number of nitrogens with one attached hydrogen (secondary N) is 1. The van der Waals surface area contributed by atoms with Crippen molar-refractivity contribution in [2.45, 2.75) is 19.8 Å². The molecule has 1 aromatic rings. The van der Waals surface area contributed by atoms with Gasteiger partial charge in [-0.25, -0.2) is 0 Å². The van der Waals surface area contributed by atoms with Crippen LogP contribution in [0.5, 0.6) is 0 Å². The van der Waals surface area contributed by atoms with E-state index >= 15 is 0 Å². The Morgan fingerprint density at radius 3 is 2.50 bits per heavy atom. The molecule has 104 valence electrons. The number of anilines is 1. The van der Waals surface area contributed by atoms with Gasteiger partial charge in [0.2, 0.25) is 0 Å². The van der Waals surface area contributed by atoms with Crippen molar-refractivity contribution in [3.63, 3.8) is 0 Å². The normalized spacial score (nSPS) is 16.1. The Kier molecular flexibility index (Phi) is 3.74. The van der Waals surface area contributed by atoms with Gasteiger partial charge in [0.05, 0.1) is 21.6 Å². The van der Waals surface area contributed by atoms with Gasteiger partial charge < -0.3 is 0 Å². The number of nitrogens with zero attached hydrogens (tertiary/aromatic N) is 3. The highest BCUT2D eigenvalue weighted by atomic mass is 16.6. The monoisotopic (exact) mass is 276 g/mol. The highest BCUT2D eigenvalue weighted by Crippen LogP contribution is 2.29. The second-order valence-electron chi connectivity index (χ2n) is 4.42. The summed E-state index contributed by atoms with van der Waals surface area (Å²) in [4.78, 5) is 20.2. The van der Waals surface area contributed by atoms with E-state index < -0.39 is 9.85 Å². The molecule has 0 unspecified atom stereocenters. The molecule has 1 aliphatic carbocycles. The van der Waals surface area contributed by atoms with E-state index in [1.807, 2.05) is 13.0 Å². The van der Waals surface area contributed by atoms with E-state index in [2.05, 4.69) is 10.5 Å². The van der Waals surface area contributed by atoms with Crippen LogP contribution in [0.3, 0.4) is 0 Å². The average molecular weight is 276 g/mol. The molecule has 0 saturated heterocycles. The summed E-state index contributed by atoms with van der Waals surface area (Å²) in [6, 6.07) is 3.40. The first-order chi connectivity index (χ1) is 9.47. The highest BCUT2D eigenvalue weighted by molar-refractivity contribution is 5.98. The number of hydrazone groups is 1. The Bertz CT molecular complexity index is 636. The molecular weight excluding hydrogens is 264 g/mol. The van der Waals surface area contributed by atoms with Crippen molar-refractivity contribution in [1.82, 2.24) is 0 Å². The van der Waals surface area contributed by atoms with E-state index in [0.29, 0.717) is 0 Å². The number of nitro benzene ring substituents is 2. The van der Waals surface area contributed by atoms with Crippen molar-refractivity contribution < 1.29 is 9.85 Å². The third-order valence-corrected chi connectivity index (χ3v) is 2.90. The van der Waals surface area contributed by atoms with Crippen LogP contribution in [0.15, 0.2) is 34.9 Å². The summed E-state index contributed by atoms with van der Waals surface area (Å²) in [6.45, 7) is 1.98. The van der Waals surface area contributed by atoms with E-state index in [-0.39, 0.29) is 17.1 Å². The van der Waals surface area contributed by atoms with Gasteiger partial charge >= 0.3 is 5.69 Å². The van der Waals surface area contributed by atoms with Crippen LogP contribution < -0.4 is 5.43 Å². The first-order valence-corrected chi connectivity index (χ1v) is 5.90. The lowest BCUT2D eigenvalue weighted by Gasteiger charge is -2.02. The van der Waals surface area contributed by atoms with Crippen LogP contribution in [0.25, 0.3) is 0 Å². The van der Waals surface area contributed by atoms with Crippen LogP contribution in [0.1, 0.15) is 19.8 Å². The van der Waals surface area contributed by atoms with E-state index in [1.165, 1.54) is 17.7 Å². The van der Waals surface area contributed by atoms with Crippen LogP contribution in [0.4, 0.5) is 17.1 Å². The fourth-order valence-corrected chi connectivity index (χ4v) is 1.85. The zero-order chi connectivity index (χ0) is 14.7. The molecule has 0 bridgehead atoms. The lowest BCUT2D eigenvalue weighted by Crippen LogP contribution is -2.00. The van der Waals surface area contributed by atoms with E-state index in [9.17, 15) is 20.2 Å². The lowest BCUT2D eigenvalue weighted by atomic mass is 10.2. The fraction of sp³-hybridized carbons (Fsp3) is 0.250. The first-order valence-electron chi connectivity index (χ1n) is 5.90. The quantitative estimate of drug-likeness (QED) is 0.671. The van der Waals surface area contributed by atoms with Crippen LogP contribution >= 0.6 is 0 Å². The fourth-order valence-electron chi connectivity index (χ4n) is 1.85. The average Bonchev–Trinajstić information content (AvgIpc) is 2.81. The molecule has 20 heavy (non-hydrogen) atoms. The number of hydrogen-bond donors (Lipinski definition) is 1. The predicted octanol–water partition coefficient (Wildman–Crippen LogP) is 3.01. The van der Waals surface area contributed by atoms with Gasteiger partial charge in [0.25, 0.3) is 5.69 Å². The Hall–Kier alpha value is -2.77. The largest absolute Gasteiger partial charge is 0.301 e. The Morgan fingerprint density at radius 2 is 1.95 bits per heavy atom. The van der Waals surface area contributed by atoms with Crippen LogP contribution in [0.2, 0.25) is 0 Å². The zero-order valence-corrected chi connectivity index (χ0v) is 10.7. The third kappa shape index (κ3) is 2.97. The number of allylic oxidation sites excluding steroid dienone is 2. The number of nitro groups is 2. The van der Waals surface area contributed by atoms with Gasteiger partial charge in [0.15, 0.2) is 0 Å². The second kappa shape index (κ2) is 5.47. The van der Waals surface area contributed by atoms with Gasteiger partial charge in [-0.3, -0.25) is 25.7 Å². The van der Waals surface area contributed by atoms with Gasteiger partial charge in [-0.2, -0.15) is 5.10 Å². The molecule has 0 aliphatic heterocycles. The smallest absolute Gasteiger partial charge is 0.271 e. The van der Waals surface area contributed by atoms with E-state index in [1.54, 1.807) is 0 Å². The molecule has 0 spiro atoms. The SMILES string of the molecule is CC1=C/C(=N\Nc2ccc([N+](=O)[O-])cc2[N+](=O)[O-])CC1. The molecule has 0 aromatic heterocycles. The molecule has 0 fully saturated rings. The van der Waals surface area contributed by atoms with Gasteiger partial charge in [-0.1, -0.05) is 5.57 Å². The molecule has 0 saturated carbocycles. The van der Waals surface area contributed by atoms with E-state index in [4.69, 9.17) is 0 Å². The summed E-state index contributed by atoms with van der Waals surface area (Å²) in [5, 5.41) is 25.6. The maximum Gasteiger partial charge on any atom is 0.301 e. The molecule has 8 heteroatoms. The summed E-state index contributed by atoms with van der Waals surface area (Å²) in [5.74, 6) is 0. The molecule has 1 aromatic carbocycles. The molecule has 0 atom stereocenters. The Morgan fingerprint density at radius 1 is 1.20 bits per heavy atom. The molecule has 0 heterocycles. The van der Waals surface area contributed by atoms with Crippen LogP contribution in [-0.2, 0) is 0 Å². The summed E-state index contributed by atoms with van der Waals surface area (Å²) >= 11 is 0. The molecule has 0 radical (unpaired) electrons. The number of non-ortho nitro benzene ring substituents is 1. The van der Waals surface area contributed by atoms with Crippen molar-refractivity contribution in [3.8, 4) is 0 Å². The van der Waals surface area contributed by atoms with Crippen molar-refractivity contribution in [3.05, 3.63) is 50.1 Å². The van der Waals surface area contributed by atoms with Gasteiger partial charge in [-0.15, -0.1) is 0 Å². The minimum absolute atomic E-state index is 0.131. The third-order valence-electron chi connectivity index (χ3n) is 2.90. The molecule has 0 amide bonds. The number of rotatable bonds is 4. The van der Waals surface area contributed by atoms with E-state index in [0.717, 1.165) is 24.6 Å². The van der Waals surface area contributed by atoms with Crippen LogP contribution in [-0.4, -0.2) is 15.6 Å². The van der Waals surface area contributed by atoms with Crippen molar-refractivity contribution in [1.29, 1.82) is 0 Å². The molecule has 1 aliphatic rings. The second-order valence-corrected chi connectivity index (χ2v) is 4.42. The Labute approximate surface area is 114 Å². The molecule has 8 nitrogen and oxygen atoms in total.